The monoisotopic (exact) mass is 368 g/mol. The van der Waals surface area contributed by atoms with Gasteiger partial charge in [-0.05, 0) is 49.2 Å². The molecule has 0 spiro atoms. The number of nitrogens with one attached hydrogen (secondary N) is 1. The average Bonchev–Trinajstić information content (AvgIpc) is 3.01. The molecule has 3 rings (SSSR count). The number of hydrogen-bond donors (Lipinski definition) is 1. The molecule has 0 aromatic heterocycles. The van der Waals surface area contributed by atoms with E-state index in [0.717, 1.165) is 23.4 Å². The summed E-state index contributed by atoms with van der Waals surface area (Å²) in [6.07, 6.45) is 0.653. The summed E-state index contributed by atoms with van der Waals surface area (Å²) in [4.78, 5) is 26.4. The zero-order chi connectivity index (χ0) is 19.2. The van der Waals surface area contributed by atoms with Gasteiger partial charge in [0.05, 0.1) is 13.7 Å². The number of amides is 2. The number of rotatable bonds is 7. The molecule has 0 bridgehead atoms. The number of para-hydroxylation sites is 1. The second kappa shape index (κ2) is 8.58. The van der Waals surface area contributed by atoms with E-state index in [1.807, 2.05) is 43.3 Å². The summed E-state index contributed by atoms with van der Waals surface area (Å²) in [6.45, 7) is 2.66. The van der Waals surface area contributed by atoms with Crippen LogP contribution in [0.1, 0.15) is 18.9 Å². The lowest BCUT2D eigenvalue weighted by molar-refractivity contribution is -0.128. The van der Waals surface area contributed by atoms with E-state index in [1.165, 1.54) is 0 Å². The number of benzene rings is 2. The van der Waals surface area contributed by atoms with E-state index in [2.05, 4.69) is 5.32 Å². The zero-order valence-corrected chi connectivity index (χ0v) is 15.6. The fourth-order valence-corrected chi connectivity index (χ4v) is 3.26. The first-order valence-corrected chi connectivity index (χ1v) is 9.02. The number of hydrogen-bond acceptors (Lipinski definition) is 4. The van der Waals surface area contributed by atoms with Crippen LogP contribution in [0.3, 0.4) is 0 Å². The van der Waals surface area contributed by atoms with Crippen LogP contribution in [-0.2, 0) is 16.0 Å². The standard InChI is InChI=1S/C21H24N2O4/c1-15-13-16-5-3-4-6-19(16)23(15)21(25)14-20(24)22-11-12-27-18-9-7-17(26-2)8-10-18/h3-10,15H,11-14H2,1-2H3,(H,22,24). The van der Waals surface area contributed by atoms with Gasteiger partial charge in [-0.1, -0.05) is 18.2 Å². The summed E-state index contributed by atoms with van der Waals surface area (Å²) >= 11 is 0. The highest BCUT2D eigenvalue weighted by Crippen LogP contribution is 2.32. The second-order valence-corrected chi connectivity index (χ2v) is 6.50. The quantitative estimate of drug-likeness (QED) is 0.602. The average molecular weight is 368 g/mol. The van der Waals surface area contributed by atoms with Crippen LogP contribution in [0.5, 0.6) is 11.5 Å². The van der Waals surface area contributed by atoms with E-state index in [9.17, 15) is 9.59 Å². The minimum atomic E-state index is -0.296. The summed E-state index contributed by atoms with van der Waals surface area (Å²) in [5, 5.41) is 2.73. The van der Waals surface area contributed by atoms with Crippen molar-refractivity contribution in [2.45, 2.75) is 25.8 Å². The first-order chi connectivity index (χ1) is 13.1. The number of ether oxygens (including phenoxy) is 2. The van der Waals surface area contributed by atoms with Gasteiger partial charge in [-0.3, -0.25) is 9.59 Å². The largest absolute Gasteiger partial charge is 0.497 e. The lowest BCUT2D eigenvalue weighted by Crippen LogP contribution is -2.39. The van der Waals surface area contributed by atoms with Crippen molar-refractivity contribution in [1.82, 2.24) is 5.32 Å². The fraction of sp³-hybridized carbons (Fsp3) is 0.333. The van der Waals surface area contributed by atoms with Crippen LogP contribution in [0.4, 0.5) is 5.69 Å². The molecular formula is C21H24N2O4. The van der Waals surface area contributed by atoms with Crippen LogP contribution in [-0.4, -0.2) is 38.1 Å². The highest BCUT2D eigenvalue weighted by atomic mass is 16.5. The summed E-state index contributed by atoms with van der Waals surface area (Å²) in [7, 11) is 1.61. The van der Waals surface area contributed by atoms with E-state index in [0.29, 0.717) is 18.9 Å². The zero-order valence-electron chi connectivity index (χ0n) is 15.6. The molecule has 1 aliphatic heterocycles. The van der Waals surface area contributed by atoms with Crippen LogP contribution in [0.2, 0.25) is 0 Å². The molecule has 0 saturated carbocycles. The second-order valence-electron chi connectivity index (χ2n) is 6.50. The summed E-state index contributed by atoms with van der Waals surface area (Å²) < 4.78 is 10.6. The molecule has 1 unspecified atom stereocenters. The number of carbonyl (C=O) groups excluding carboxylic acids is 2. The van der Waals surface area contributed by atoms with Crippen LogP contribution < -0.4 is 19.7 Å². The van der Waals surface area contributed by atoms with E-state index in [-0.39, 0.29) is 24.3 Å². The van der Waals surface area contributed by atoms with Crippen molar-refractivity contribution in [2.75, 3.05) is 25.2 Å². The Hall–Kier alpha value is -3.02. The van der Waals surface area contributed by atoms with E-state index in [1.54, 1.807) is 24.1 Å². The molecule has 2 aromatic carbocycles. The molecule has 2 aromatic rings. The Morgan fingerprint density at radius 1 is 1.11 bits per heavy atom. The molecule has 6 heteroatoms. The van der Waals surface area contributed by atoms with Crippen molar-refractivity contribution in [2.24, 2.45) is 0 Å². The van der Waals surface area contributed by atoms with Crippen LogP contribution >= 0.6 is 0 Å². The molecule has 1 heterocycles. The fourth-order valence-electron chi connectivity index (χ4n) is 3.26. The molecule has 0 aliphatic carbocycles. The van der Waals surface area contributed by atoms with Gasteiger partial charge in [-0.15, -0.1) is 0 Å². The molecule has 142 valence electrons. The molecular weight excluding hydrogens is 344 g/mol. The number of anilines is 1. The highest BCUT2D eigenvalue weighted by molar-refractivity contribution is 6.06. The van der Waals surface area contributed by atoms with Gasteiger partial charge in [-0.25, -0.2) is 0 Å². The predicted octanol–water partition coefficient (Wildman–Crippen LogP) is 2.56. The third kappa shape index (κ3) is 4.58. The normalized spacial score (nSPS) is 15.2. The maximum atomic E-state index is 12.6. The number of nitrogens with zero attached hydrogens (tertiary/aromatic N) is 1. The third-order valence-electron chi connectivity index (χ3n) is 4.54. The Labute approximate surface area is 159 Å². The summed E-state index contributed by atoms with van der Waals surface area (Å²) in [5.41, 5.74) is 2.05. The minimum Gasteiger partial charge on any atom is -0.497 e. The van der Waals surface area contributed by atoms with Gasteiger partial charge in [0.15, 0.2) is 0 Å². The Balaban J connectivity index is 1.43. The number of carbonyl (C=O) groups is 2. The lowest BCUT2D eigenvalue weighted by Gasteiger charge is -2.22. The van der Waals surface area contributed by atoms with E-state index in [4.69, 9.17) is 9.47 Å². The number of methoxy groups -OCH3 is 1. The van der Waals surface area contributed by atoms with Crippen LogP contribution in [0, 0.1) is 0 Å². The van der Waals surface area contributed by atoms with Crippen LogP contribution in [0.25, 0.3) is 0 Å². The van der Waals surface area contributed by atoms with Crippen molar-refractivity contribution in [3.63, 3.8) is 0 Å². The van der Waals surface area contributed by atoms with Gasteiger partial charge >= 0.3 is 0 Å². The van der Waals surface area contributed by atoms with Crippen molar-refractivity contribution < 1.29 is 19.1 Å². The summed E-state index contributed by atoms with van der Waals surface area (Å²) in [5.74, 6) is 0.978. The van der Waals surface area contributed by atoms with Gasteiger partial charge < -0.3 is 19.7 Å². The van der Waals surface area contributed by atoms with Gasteiger partial charge in [0.2, 0.25) is 11.8 Å². The van der Waals surface area contributed by atoms with Gasteiger partial charge in [-0.2, -0.15) is 0 Å². The SMILES string of the molecule is COc1ccc(OCCNC(=O)CC(=O)N2c3ccccc3CC2C)cc1. The Kier molecular flexibility index (Phi) is 5.96. The molecule has 0 radical (unpaired) electrons. The van der Waals surface area contributed by atoms with Gasteiger partial charge in [0.1, 0.15) is 24.5 Å². The van der Waals surface area contributed by atoms with Crippen molar-refractivity contribution in [1.29, 1.82) is 0 Å². The maximum Gasteiger partial charge on any atom is 0.236 e. The highest BCUT2D eigenvalue weighted by Gasteiger charge is 2.31. The van der Waals surface area contributed by atoms with Crippen molar-refractivity contribution >= 4 is 17.5 Å². The molecule has 2 amide bonds. The number of fused-ring (bicyclic) bond motifs is 1. The van der Waals surface area contributed by atoms with Gasteiger partial charge in [0, 0.05) is 11.7 Å². The van der Waals surface area contributed by atoms with Crippen molar-refractivity contribution in [3.8, 4) is 11.5 Å². The first kappa shape index (κ1) is 18.8. The van der Waals surface area contributed by atoms with Crippen LogP contribution in [0.15, 0.2) is 48.5 Å². The molecule has 0 fully saturated rings. The molecule has 1 atom stereocenters. The van der Waals surface area contributed by atoms with Crippen molar-refractivity contribution in [3.05, 3.63) is 54.1 Å². The lowest BCUT2D eigenvalue weighted by atomic mass is 10.1. The minimum absolute atomic E-state index is 0.0705. The molecule has 27 heavy (non-hydrogen) atoms. The molecule has 0 saturated heterocycles. The molecule has 1 aliphatic rings. The molecule has 1 N–H and O–H groups in total. The van der Waals surface area contributed by atoms with Gasteiger partial charge in [0.25, 0.3) is 0 Å². The summed E-state index contributed by atoms with van der Waals surface area (Å²) in [6, 6.07) is 15.1. The Morgan fingerprint density at radius 2 is 1.81 bits per heavy atom. The van der Waals surface area contributed by atoms with E-state index >= 15 is 0 Å². The third-order valence-corrected chi connectivity index (χ3v) is 4.54. The Bertz CT molecular complexity index is 804. The smallest absolute Gasteiger partial charge is 0.236 e. The Morgan fingerprint density at radius 3 is 2.56 bits per heavy atom. The topological polar surface area (TPSA) is 67.9 Å². The predicted molar refractivity (Wildman–Crippen MR) is 103 cm³/mol. The molecule has 6 nitrogen and oxygen atoms in total. The first-order valence-electron chi connectivity index (χ1n) is 9.02. The van der Waals surface area contributed by atoms with E-state index < -0.39 is 0 Å². The maximum absolute atomic E-state index is 12.6.